The lowest BCUT2D eigenvalue weighted by molar-refractivity contribution is -0.265. The van der Waals surface area contributed by atoms with E-state index in [-0.39, 0.29) is 52.2 Å². The summed E-state index contributed by atoms with van der Waals surface area (Å²) in [5.74, 6) is -2.39. The molecule has 2 aromatic heterocycles. The van der Waals surface area contributed by atoms with E-state index in [4.69, 9.17) is 22.1 Å². The van der Waals surface area contributed by atoms with Crippen molar-refractivity contribution in [2.24, 2.45) is 5.73 Å². The molecule has 2 amide bonds. The molecule has 1 fully saturated rings. The van der Waals surface area contributed by atoms with E-state index < -0.39 is 47.1 Å². The summed E-state index contributed by atoms with van der Waals surface area (Å²) in [6, 6.07) is 8.63. The molecule has 2 aromatic carbocycles. The van der Waals surface area contributed by atoms with Gasteiger partial charge in [-0.05, 0) is 61.7 Å². The predicted octanol–water partition coefficient (Wildman–Crippen LogP) is 4.93. The Morgan fingerprint density at radius 2 is 1.91 bits per heavy atom. The summed E-state index contributed by atoms with van der Waals surface area (Å²) in [5, 5.41) is 18.5. The minimum absolute atomic E-state index is 0.00395. The van der Waals surface area contributed by atoms with Crippen LogP contribution in [0.25, 0.3) is 22.2 Å². The highest BCUT2D eigenvalue weighted by molar-refractivity contribution is 6.35. The topological polar surface area (TPSA) is 132 Å². The number of ether oxygens (including phenoxy) is 1. The van der Waals surface area contributed by atoms with Crippen molar-refractivity contribution >= 4 is 34.3 Å². The molecule has 44 heavy (non-hydrogen) atoms. The first-order chi connectivity index (χ1) is 20.8. The molecule has 4 aromatic rings. The number of carbonyl (C=O) groups is 2. The molecule has 1 saturated carbocycles. The fourth-order valence-corrected chi connectivity index (χ4v) is 5.67. The molecule has 0 spiro atoms. The number of aliphatic hydroxyl groups is 1. The van der Waals surface area contributed by atoms with Gasteiger partial charge in [0.05, 0.1) is 23.3 Å². The van der Waals surface area contributed by atoms with E-state index in [1.54, 1.807) is 17.8 Å². The van der Waals surface area contributed by atoms with Crippen LogP contribution in [0.1, 0.15) is 53.8 Å². The maximum atomic E-state index is 14.7. The molecular weight excluding hydrogens is 606 g/mol. The molecule has 0 saturated heterocycles. The smallest absolute Gasteiger partial charge is 0.424 e. The van der Waals surface area contributed by atoms with Crippen LogP contribution in [0.4, 0.5) is 17.6 Å². The molecule has 230 valence electrons. The number of benzene rings is 2. The standard InChI is InChI=1S/C30H26ClF4N5O4/c1-2-28(27(36)42)14-44-25-20(28)11-22(38-24(25)15-3-5-18(32)6-4-15)29(43,30(33,34)35)13-37-26(41)16-9-17-12-40(19-7-8-19)39-23(17)21(31)10-16/h3-6,9-12,19,43H,2,7-8,13-14H2,1H3,(H2,36,42)(H,37,41)/t28-,29?/m0/s1. The Bertz CT molecular complexity index is 1810. The lowest BCUT2D eigenvalue weighted by Crippen LogP contribution is -2.52. The van der Waals surface area contributed by atoms with Crippen LogP contribution in [-0.2, 0) is 15.8 Å². The van der Waals surface area contributed by atoms with Crippen LogP contribution in [0.5, 0.6) is 5.75 Å². The Kier molecular flexibility index (Phi) is 7.08. The number of nitrogens with one attached hydrogen (secondary N) is 1. The molecule has 6 rings (SSSR count). The van der Waals surface area contributed by atoms with Crippen molar-refractivity contribution in [3.05, 3.63) is 76.3 Å². The first-order valence-corrected chi connectivity index (χ1v) is 14.2. The molecule has 0 radical (unpaired) electrons. The highest BCUT2D eigenvalue weighted by atomic mass is 35.5. The summed E-state index contributed by atoms with van der Waals surface area (Å²) >= 11 is 6.34. The van der Waals surface area contributed by atoms with Crippen LogP contribution in [0.15, 0.2) is 48.7 Å². The zero-order valence-electron chi connectivity index (χ0n) is 23.2. The van der Waals surface area contributed by atoms with Crippen molar-refractivity contribution in [2.45, 2.75) is 49.4 Å². The summed E-state index contributed by atoms with van der Waals surface area (Å²) in [6.07, 6.45) is -1.65. The Morgan fingerprint density at radius 1 is 1.20 bits per heavy atom. The van der Waals surface area contributed by atoms with Crippen LogP contribution < -0.4 is 15.8 Å². The zero-order valence-corrected chi connectivity index (χ0v) is 24.0. The monoisotopic (exact) mass is 631 g/mol. The van der Waals surface area contributed by atoms with E-state index in [0.29, 0.717) is 10.9 Å². The summed E-state index contributed by atoms with van der Waals surface area (Å²) in [5.41, 5.74) is -0.0332. The average Bonchev–Trinajstić information content (AvgIpc) is 3.62. The molecule has 1 unspecified atom stereocenters. The third-order valence-electron chi connectivity index (χ3n) is 8.30. The van der Waals surface area contributed by atoms with Crippen LogP contribution in [0, 0.1) is 5.82 Å². The Balaban J connectivity index is 1.41. The summed E-state index contributed by atoms with van der Waals surface area (Å²) in [6.45, 7) is 0.0140. The number of rotatable bonds is 8. The normalized spacial score (nSPS) is 19.3. The van der Waals surface area contributed by atoms with Crippen LogP contribution in [-0.4, -0.2) is 51.0 Å². The molecule has 3 heterocycles. The fourth-order valence-electron chi connectivity index (χ4n) is 5.41. The van der Waals surface area contributed by atoms with Gasteiger partial charge in [0.25, 0.3) is 5.91 Å². The van der Waals surface area contributed by atoms with Crippen LogP contribution in [0.3, 0.4) is 0 Å². The van der Waals surface area contributed by atoms with Crippen molar-refractivity contribution in [2.75, 3.05) is 13.2 Å². The van der Waals surface area contributed by atoms with Crippen LogP contribution in [0.2, 0.25) is 5.02 Å². The second kappa shape index (κ2) is 10.4. The van der Waals surface area contributed by atoms with E-state index in [2.05, 4.69) is 15.4 Å². The zero-order chi connectivity index (χ0) is 31.6. The third-order valence-corrected chi connectivity index (χ3v) is 8.59. The van der Waals surface area contributed by atoms with Gasteiger partial charge in [-0.1, -0.05) is 18.5 Å². The Hall–Kier alpha value is -4.23. The SMILES string of the molecule is CC[C@]1(C(N)=O)COc2c1cc(C(O)(CNC(=O)c1cc(Cl)c3nn(C4CC4)cc3c1)C(F)(F)F)nc2-c1ccc(F)cc1. The van der Waals surface area contributed by atoms with Crippen molar-refractivity contribution in [3.8, 4) is 17.0 Å². The van der Waals surface area contributed by atoms with E-state index in [0.717, 1.165) is 31.0 Å². The Labute approximate surface area is 253 Å². The van der Waals surface area contributed by atoms with Gasteiger partial charge in [-0.15, -0.1) is 0 Å². The van der Waals surface area contributed by atoms with Gasteiger partial charge in [0.15, 0.2) is 0 Å². The number of amides is 2. The van der Waals surface area contributed by atoms with E-state index >= 15 is 0 Å². The van der Waals surface area contributed by atoms with Crippen LogP contribution >= 0.6 is 11.6 Å². The van der Waals surface area contributed by atoms with Gasteiger partial charge in [-0.2, -0.15) is 18.3 Å². The predicted molar refractivity (Wildman–Crippen MR) is 152 cm³/mol. The number of alkyl halides is 3. The minimum Gasteiger partial charge on any atom is -0.489 e. The number of nitrogens with two attached hydrogens (primary N) is 1. The molecule has 1 aliphatic heterocycles. The lowest BCUT2D eigenvalue weighted by atomic mass is 9.78. The molecular formula is C30H26ClF4N5O4. The minimum atomic E-state index is -5.35. The maximum absolute atomic E-state index is 14.7. The van der Waals surface area contributed by atoms with Crippen molar-refractivity contribution in [1.82, 2.24) is 20.1 Å². The number of nitrogens with zero attached hydrogens (tertiary/aromatic N) is 3. The molecule has 9 nitrogen and oxygen atoms in total. The number of hydrogen-bond acceptors (Lipinski definition) is 6. The largest absolute Gasteiger partial charge is 0.489 e. The second-order valence-corrected chi connectivity index (χ2v) is 11.5. The molecule has 14 heteroatoms. The van der Waals surface area contributed by atoms with Gasteiger partial charge in [-0.3, -0.25) is 14.3 Å². The van der Waals surface area contributed by atoms with E-state index in [9.17, 15) is 32.3 Å². The average molecular weight is 632 g/mol. The number of primary amides is 1. The first-order valence-electron chi connectivity index (χ1n) is 13.8. The number of aromatic nitrogens is 3. The van der Waals surface area contributed by atoms with Gasteiger partial charge in [0, 0.05) is 28.3 Å². The molecule has 0 bridgehead atoms. The van der Waals surface area contributed by atoms with E-state index in [1.165, 1.54) is 24.3 Å². The summed E-state index contributed by atoms with van der Waals surface area (Å²) < 4.78 is 65.4. The quantitative estimate of drug-likeness (QED) is 0.236. The second-order valence-electron chi connectivity index (χ2n) is 11.1. The third kappa shape index (κ3) is 4.84. The number of pyridine rings is 1. The molecule has 2 aliphatic rings. The fraction of sp³-hybridized carbons (Fsp3) is 0.333. The molecule has 2 atom stereocenters. The van der Waals surface area contributed by atoms with Crippen molar-refractivity contribution in [3.63, 3.8) is 0 Å². The molecule has 1 aliphatic carbocycles. The van der Waals surface area contributed by atoms with E-state index in [1.807, 2.05) is 0 Å². The number of fused-ring (bicyclic) bond motifs is 2. The van der Waals surface area contributed by atoms with Gasteiger partial charge in [0.1, 0.15) is 34.8 Å². The summed E-state index contributed by atoms with van der Waals surface area (Å²) in [7, 11) is 0. The molecule has 4 N–H and O–H groups in total. The van der Waals surface area contributed by atoms with Crippen molar-refractivity contribution in [1.29, 1.82) is 0 Å². The van der Waals surface area contributed by atoms with Gasteiger partial charge < -0.3 is 20.9 Å². The number of hydrogen-bond donors (Lipinski definition) is 3. The highest BCUT2D eigenvalue weighted by Gasteiger charge is 2.58. The van der Waals surface area contributed by atoms with Gasteiger partial charge in [-0.25, -0.2) is 9.37 Å². The van der Waals surface area contributed by atoms with Crippen molar-refractivity contribution < 1.29 is 37.0 Å². The number of halogens is 5. The summed E-state index contributed by atoms with van der Waals surface area (Å²) in [4.78, 5) is 29.9. The van der Waals surface area contributed by atoms with Gasteiger partial charge in [0.2, 0.25) is 11.5 Å². The number of carbonyl (C=O) groups excluding carboxylic acids is 2. The first kappa shape index (κ1) is 29.8. The maximum Gasteiger partial charge on any atom is 0.424 e. The Morgan fingerprint density at radius 3 is 2.52 bits per heavy atom. The lowest BCUT2D eigenvalue weighted by Gasteiger charge is -2.32. The van der Waals surface area contributed by atoms with Gasteiger partial charge >= 0.3 is 6.18 Å². The highest BCUT2D eigenvalue weighted by Crippen LogP contribution is 2.49.